The van der Waals surface area contributed by atoms with Crippen molar-refractivity contribution >= 4 is 28.7 Å². The van der Waals surface area contributed by atoms with E-state index in [0.717, 1.165) is 0 Å². The number of piperazine rings is 1. The Kier molecular flexibility index (Phi) is 6.81. The smallest absolute Gasteiger partial charge is 0.325 e. The van der Waals surface area contributed by atoms with Crippen molar-refractivity contribution in [1.29, 1.82) is 0 Å². The molecule has 0 unspecified atom stereocenters. The fraction of sp³-hybridized carbons (Fsp3) is 0.476. The Morgan fingerprint density at radius 3 is 2.32 bits per heavy atom. The molecule has 0 bridgehead atoms. The first-order valence-electron chi connectivity index (χ1n) is 9.99. The monoisotopic (exact) mass is 432 g/mol. The van der Waals surface area contributed by atoms with Crippen molar-refractivity contribution in [1.82, 2.24) is 19.3 Å². The van der Waals surface area contributed by atoms with Crippen molar-refractivity contribution in [2.45, 2.75) is 12.6 Å². The second-order valence-electron chi connectivity index (χ2n) is 7.83. The van der Waals surface area contributed by atoms with Gasteiger partial charge >= 0.3 is 11.9 Å². The number of methoxy groups -OCH3 is 1. The number of aromatic nitrogens is 1. The molecule has 1 amide bonds. The summed E-state index contributed by atoms with van der Waals surface area (Å²) in [5.41, 5.74) is 1.17. The molecule has 1 aliphatic rings. The molecule has 0 aliphatic carbocycles. The molecule has 31 heavy (non-hydrogen) atoms. The molecule has 2 heterocycles. The lowest BCUT2D eigenvalue weighted by atomic mass is 10.0. The number of carbonyl (C=O) groups is 3. The number of benzene rings is 1. The van der Waals surface area contributed by atoms with Crippen LogP contribution in [0.5, 0.6) is 5.75 Å². The highest BCUT2D eigenvalue weighted by Gasteiger charge is 2.33. The maximum absolute atomic E-state index is 12.3. The van der Waals surface area contributed by atoms with E-state index in [0.29, 0.717) is 54.9 Å². The Balaban J connectivity index is 1.90. The van der Waals surface area contributed by atoms with Crippen LogP contribution in [0.3, 0.4) is 0 Å². The lowest BCUT2D eigenvalue weighted by molar-refractivity contribution is -0.145. The maximum atomic E-state index is 12.3. The van der Waals surface area contributed by atoms with Gasteiger partial charge in [0.2, 0.25) is 5.91 Å². The summed E-state index contributed by atoms with van der Waals surface area (Å²) in [6, 6.07) is 4.27. The summed E-state index contributed by atoms with van der Waals surface area (Å²) in [5, 5.41) is 20.0. The molecule has 1 aliphatic heterocycles. The minimum Gasteiger partial charge on any atom is -0.497 e. The summed E-state index contributed by atoms with van der Waals surface area (Å²) in [5.74, 6) is -1.44. The summed E-state index contributed by atoms with van der Waals surface area (Å²) in [6.45, 7) is 2.13. The molecule has 168 valence electrons. The number of hydrogen-bond acceptors (Lipinski definition) is 6. The molecule has 0 saturated carbocycles. The number of nitrogens with zero attached hydrogens (tertiary/aromatic N) is 4. The van der Waals surface area contributed by atoms with Crippen molar-refractivity contribution in [3.63, 3.8) is 0 Å². The lowest BCUT2D eigenvalue weighted by Gasteiger charge is -2.37. The predicted molar refractivity (Wildman–Crippen MR) is 113 cm³/mol. The van der Waals surface area contributed by atoms with Crippen LogP contribution in [0.25, 0.3) is 10.9 Å². The largest absolute Gasteiger partial charge is 0.497 e. The molecular weight excluding hydrogens is 404 g/mol. The standard InChI is InChI=1S/C21H28N4O6/c1-22(2)18(26)12-23-6-8-24(9-7-23)20(21(29)30)16-11-25(13-19(27)28)17-5-4-14(31-3)10-15(16)17/h4-5,10-11,20H,6-9,12-13H2,1-3H3,(H,27,28)(H,29,30)/t20-/m1/s1. The summed E-state index contributed by atoms with van der Waals surface area (Å²) in [6.07, 6.45) is 1.61. The van der Waals surface area contributed by atoms with E-state index in [-0.39, 0.29) is 12.5 Å². The summed E-state index contributed by atoms with van der Waals surface area (Å²) < 4.78 is 6.84. The highest BCUT2D eigenvalue weighted by atomic mass is 16.5. The first-order chi connectivity index (χ1) is 14.7. The third-order valence-electron chi connectivity index (χ3n) is 5.58. The van der Waals surface area contributed by atoms with Gasteiger partial charge in [-0.2, -0.15) is 0 Å². The Hall–Kier alpha value is -3.11. The number of amides is 1. The third-order valence-corrected chi connectivity index (χ3v) is 5.58. The van der Waals surface area contributed by atoms with Gasteiger partial charge in [0.05, 0.1) is 13.7 Å². The van der Waals surface area contributed by atoms with Crippen LogP contribution < -0.4 is 4.74 Å². The molecule has 1 saturated heterocycles. The molecule has 1 fully saturated rings. The van der Waals surface area contributed by atoms with Gasteiger partial charge in [-0.3, -0.25) is 24.2 Å². The second kappa shape index (κ2) is 9.36. The quantitative estimate of drug-likeness (QED) is 0.622. The fourth-order valence-corrected chi connectivity index (χ4v) is 3.92. The highest BCUT2D eigenvalue weighted by Crippen LogP contribution is 2.33. The van der Waals surface area contributed by atoms with Gasteiger partial charge in [-0.25, -0.2) is 0 Å². The lowest BCUT2D eigenvalue weighted by Crippen LogP contribution is -2.51. The Labute approximate surface area is 180 Å². The van der Waals surface area contributed by atoms with Crippen molar-refractivity contribution < 1.29 is 29.3 Å². The molecule has 1 aromatic carbocycles. The maximum Gasteiger partial charge on any atom is 0.325 e. The summed E-state index contributed by atoms with van der Waals surface area (Å²) in [7, 11) is 4.94. The van der Waals surface area contributed by atoms with E-state index >= 15 is 0 Å². The van der Waals surface area contributed by atoms with Crippen molar-refractivity contribution in [3.8, 4) is 5.75 Å². The number of carboxylic acids is 2. The van der Waals surface area contributed by atoms with Crippen LogP contribution >= 0.6 is 0 Å². The molecule has 10 nitrogen and oxygen atoms in total. The zero-order chi connectivity index (χ0) is 22.7. The minimum absolute atomic E-state index is 0.00655. The minimum atomic E-state index is -1.01. The average molecular weight is 432 g/mol. The third kappa shape index (κ3) is 4.97. The van der Waals surface area contributed by atoms with E-state index in [4.69, 9.17) is 4.74 Å². The first-order valence-corrected chi connectivity index (χ1v) is 9.99. The van der Waals surface area contributed by atoms with E-state index in [2.05, 4.69) is 0 Å². The second-order valence-corrected chi connectivity index (χ2v) is 7.83. The number of aliphatic carboxylic acids is 2. The SMILES string of the molecule is COc1ccc2c(c1)c([C@H](C(=O)O)N1CCN(CC(=O)N(C)C)CC1)cn2CC(=O)O. The first kappa shape index (κ1) is 22.6. The van der Waals surface area contributed by atoms with Crippen molar-refractivity contribution in [3.05, 3.63) is 30.0 Å². The Morgan fingerprint density at radius 2 is 1.77 bits per heavy atom. The topological polar surface area (TPSA) is 116 Å². The molecule has 2 aromatic rings. The molecule has 0 spiro atoms. The van der Waals surface area contributed by atoms with Gasteiger partial charge in [0.1, 0.15) is 18.3 Å². The number of hydrogen-bond donors (Lipinski definition) is 2. The van der Waals surface area contributed by atoms with Gasteiger partial charge in [0.15, 0.2) is 0 Å². The molecule has 3 rings (SSSR count). The van der Waals surface area contributed by atoms with Crippen LogP contribution in [0.15, 0.2) is 24.4 Å². The number of likely N-dealkylation sites (N-methyl/N-ethyl adjacent to an activating group) is 1. The van der Waals surface area contributed by atoms with E-state index in [1.165, 1.54) is 12.0 Å². The van der Waals surface area contributed by atoms with Gasteiger partial charge in [-0.15, -0.1) is 0 Å². The molecular formula is C21H28N4O6. The number of carboxylic acid groups (broad SMARTS) is 2. The molecule has 1 atom stereocenters. The van der Waals surface area contributed by atoms with Gasteiger partial charge in [-0.1, -0.05) is 0 Å². The molecule has 0 radical (unpaired) electrons. The number of ether oxygens (including phenoxy) is 1. The van der Waals surface area contributed by atoms with Crippen LogP contribution in [0, 0.1) is 0 Å². The number of fused-ring (bicyclic) bond motifs is 1. The molecule has 2 N–H and O–H groups in total. The summed E-state index contributed by atoms with van der Waals surface area (Å²) in [4.78, 5) is 41.0. The molecule has 10 heteroatoms. The highest BCUT2D eigenvalue weighted by molar-refractivity contribution is 5.91. The van der Waals surface area contributed by atoms with E-state index < -0.39 is 18.0 Å². The van der Waals surface area contributed by atoms with Crippen molar-refractivity contribution in [2.75, 3.05) is 53.9 Å². The summed E-state index contributed by atoms with van der Waals surface area (Å²) >= 11 is 0. The zero-order valence-corrected chi connectivity index (χ0v) is 17.9. The molecule has 1 aromatic heterocycles. The van der Waals surface area contributed by atoms with Crippen LogP contribution in [-0.2, 0) is 20.9 Å². The fourth-order valence-electron chi connectivity index (χ4n) is 3.92. The van der Waals surface area contributed by atoms with E-state index in [1.54, 1.807) is 43.1 Å². The van der Waals surface area contributed by atoms with Gasteiger partial charge in [-0.05, 0) is 18.2 Å². The van der Waals surface area contributed by atoms with Crippen LogP contribution in [0.4, 0.5) is 0 Å². The van der Waals surface area contributed by atoms with Crippen molar-refractivity contribution in [2.24, 2.45) is 0 Å². The normalized spacial score (nSPS) is 16.2. The van der Waals surface area contributed by atoms with Gasteiger partial charge in [0, 0.05) is 62.9 Å². The Morgan fingerprint density at radius 1 is 1.10 bits per heavy atom. The predicted octanol–water partition coefficient (Wildman–Crippen LogP) is 0.566. The average Bonchev–Trinajstić information content (AvgIpc) is 3.05. The Bertz CT molecular complexity index is 978. The number of rotatable bonds is 8. The van der Waals surface area contributed by atoms with Crippen LogP contribution in [0.2, 0.25) is 0 Å². The van der Waals surface area contributed by atoms with Crippen LogP contribution in [0.1, 0.15) is 11.6 Å². The van der Waals surface area contributed by atoms with Gasteiger partial charge in [0.25, 0.3) is 0 Å². The van der Waals surface area contributed by atoms with E-state index in [9.17, 15) is 24.6 Å². The van der Waals surface area contributed by atoms with Gasteiger partial charge < -0.3 is 24.4 Å². The van der Waals surface area contributed by atoms with Crippen LogP contribution in [-0.4, -0.2) is 101 Å². The number of carbonyl (C=O) groups excluding carboxylic acids is 1. The zero-order valence-electron chi connectivity index (χ0n) is 17.9. The van der Waals surface area contributed by atoms with E-state index in [1.807, 2.05) is 9.80 Å².